The number of likely N-dealkylation sites (tertiary alicyclic amines) is 1. The number of ether oxygens (including phenoxy) is 1. The molecule has 5 nitrogen and oxygen atoms in total. The second kappa shape index (κ2) is 8.13. The van der Waals surface area contributed by atoms with Crippen molar-refractivity contribution in [2.75, 3.05) is 13.7 Å². The molecule has 1 atom stereocenters. The number of nitrogens with zero attached hydrogens (tertiary/aromatic N) is 2. The van der Waals surface area contributed by atoms with Crippen LogP contribution in [0, 0.1) is 0 Å². The number of aromatic nitrogens is 1. The molecule has 3 rings (SSSR count). The summed E-state index contributed by atoms with van der Waals surface area (Å²) in [6, 6.07) is 11.6. The number of halogens is 1. The number of rotatable bonds is 4. The molecule has 0 spiro atoms. The number of benzene rings is 1. The summed E-state index contributed by atoms with van der Waals surface area (Å²) in [6.45, 7) is 1.11. The number of methoxy groups -OCH3 is 1. The fourth-order valence-electron chi connectivity index (χ4n) is 3.07. The van der Waals surface area contributed by atoms with Gasteiger partial charge in [0.2, 0.25) is 0 Å². The van der Waals surface area contributed by atoms with Crippen LogP contribution in [0.25, 0.3) is 0 Å². The van der Waals surface area contributed by atoms with Crippen molar-refractivity contribution in [3.05, 3.63) is 59.4 Å². The molecule has 1 aromatic heterocycles. The molecule has 1 aliphatic rings. The second-order valence-corrected chi connectivity index (χ2v) is 5.67. The third-order valence-corrected chi connectivity index (χ3v) is 4.29. The van der Waals surface area contributed by atoms with Gasteiger partial charge in [0.05, 0.1) is 18.8 Å². The highest BCUT2D eigenvalue weighted by Gasteiger charge is 2.30. The quantitative estimate of drug-likeness (QED) is 0.923. The largest absolute Gasteiger partial charge is 0.497 e. The van der Waals surface area contributed by atoms with Crippen molar-refractivity contribution in [3.63, 3.8) is 0 Å². The predicted octanol–water partition coefficient (Wildman–Crippen LogP) is 2.95. The van der Waals surface area contributed by atoms with E-state index < -0.39 is 0 Å². The number of carbonyl (C=O) groups excluding carboxylic acids is 1. The van der Waals surface area contributed by atoms with E-state index in [1.807, 2.05) is 29.2 Å². The predicted molar refractivity (Wildman–Crippen MR) is 95.4 cm³/mol. The molecule has 1 fully saturated rings. The van der Waals surface area contributed by atoms with E-state index in [1.54, 1.807) is 25.4 Å². The first-order valence-electron chi connectivity index (χ1n) is 7.83. The number of pyridine rings is 1. The maximum Gasteiger partial charge on any atom is 0.254 e. The Balaban J connectivity index is 0.00000208. The Morgan fingerprint density at radius 3 is 2.75 bits per heavy atom. The highest BCUT2D eigenvalue weighted by Crippen LogP contribution is 2.33. The molecule has 0 bridgehead atoms. The second-order valence-electron chi connectivity index (χ2n) is 5.67. The zero-order valence-electron chi connectivity index (χ0n) is 13.6. The van der Waals surface area contributed by atoms with Gasteiger partial charge in [0.1, 0.15) is 5.75 Å². The molecule has 2 aromatic rings. The van der Waals surface area contributed by atoms with E-state index in [-0.39, 0.29) is 24.4 Å². The molecule has 1 aliphatic heterocycles. The van der Waals surface area contributed by atoms with Crippen LogP contribution in [0.3, 0.4) is 0 Å². The van der Waals surface area contributed by atoms with Crippen LogP contribution in [0.1, 0.15) is 40.5 Å². The molecule has 1 unspecified atom stereocenters. The monoisotopic (exact) mass is 347 g/mol. The lowest BCUT2D eigenvalue weighted by Crippen LogP contribution is -2.30. The Hall–Kier alpha value is -2.11. The summed E-state index contributed by atoms with van der Waals surface area (Å²) < 4.78 is 5.20. The third kappa shape index (κ3) is 3.68. The van der Waals surface area contributed by atoms with Crippen LogP contribution < -0.4 is 10.5 Å². The molecule has 0 saturated carbocycles. The standard InChI is InChI=1S/C18H21N3O2.ClH/c1-23-16-6-4-13(5-7-16)17-3-2-10-21(17)18(22)14-8-9-20-15(11-14)12-19;/h4-9,11,17H,2-3,10,12,19H2,1H3;1H. The minimum atomic E-state index is 0. The maximum absolute atomic E-state index is 12.9. The summed E-state index contributed by atoms with van der Waals surface area (Å²) in [5.41, 5.74) is 8.15. The Bertz CT molecular complexity index is 691. The van der Waals surface area contributed by atoms with Crippen molar-refractivity contribution in [2.24, 2.45) is 5.73 Å². The van der Waals surface area contributed by atoms with Gasteiger partial charge in [0, 0.05) is 24.8 Å². The molecule has 2 heterocycles. The van der Waals surface area contributed by atoms with Gasteiger partial charge in [-0.2, -0.15) is 0 Å². The number of amides is 1. The zero-order chi connectivity index (χ0) is 16.2. The highest BCUT2D eigenvalue weighted by atomic mass is 35.5. The topological polar surface area (TPSA) is 68.5 Å². The van der Waals surface area contributed by atoms with Gasteiger partial charge in [-0.1, -0.05) is 12.1 Å². The van der Waals surface area contributed by atoms with Crippen molar-refractivity contribution in [1.82, 2.24) is 9.88 Å². The first-order valence-corrected chi connectivity index (χ1v) is 7.83. The first kappa shape index (κ1) is 18.2. The minimum absolute atomic E-state index is 0. The Morgan fingerprint density at radius 1 is 1.33 bits per heavy atom. The van der Waals surface area contributed by atoms with Crippen molar-refractivity contribution in [1.29, 1.82) is 0 Å². The van der Waals surface area contributed by atoms with E-state index in [2.05, 4.69) is 4.98 Å². The first-order chi connectivity index (χ1) is 11.2. The van der Waals surface area contributed by atoms with Crippen LogP contribution >= 0.6 is 12.4 Å². The summed E-state index contributed by atoms with van der Waals surface area (Å²) in [5, 5.41) is 0. The lowest BCUT2D eigenvalue weighted by molar-refractivity contribution is 0.0735. The van der Waals surface area contributed by atoms with Crippen LogP contribution in [0.15, 0.2) is 42.6 Å². The molecule has 1 saturated heterocycles. The van der Waals surface area contributed by atoms with Crippen LogP contribution in [-0.4, -0.2) is 29.4 Å². The Labute approximate surface area is 148 Å². The van der Waals surface area contributed by atoms with Crippen LogP contribution in [0.2, 0.25) is 0 Å². The Morgan fingerprint density at radius 2 is 2.08 bits per heavy atom. The van der Waals surface area contributed by atoms with Crippen molar-refractivity contribution in [3.8, 4) is 5.75 Å². The summed E-state index contributed by atoms with van der Waals surface area (Å²) in [6.07, 6.45) is 3.64. The van der Waals surface area contributed by atoms with E-state index in [9.17, 15) is 4.79 Å². The van der Waals surface area contributed by atoms with Gasteiger partial charge in [-0.3, -0.25) is 9.78 Å². The van der Waals surface area contributed by atoms with Crippen molar-refractivity contribution in [2.45, 2.75) is 25.4 Å². The lowest BCUT2D eigenvalue weighted by atomic mass is 10.0. The molecule has 2 N–H and O–H groups in total. The van der Waals surface area contributed by atoms with Gasteiger partial charge >= 0.3 is 0 Å². The average Bonchev–Trinajstić information content (AvgIpc) is 3.11. The smallest absolute Gasteiger partial charge is 0.254 e. The molecular weight excluding hydrogens is 326 g/mol. The Kier molecular flexibility index (Phi) is 6.17. The minimum Gasteiger partial charge on any atom is -0.497 e. The molecule has 1 aromatic carbocycles. The summed E-state index contributed by atoms with van der Waals surface area (Å²) >= 11 is 0. The summed E-state index contributed by atoms with van der Waals surface area (Å²) in [5.74, 6) is 0.867. The van der Waals surface area contributed by atoms with Crippen molar-refractivity contribution < 1.29 is 9.53 Å². The molecule has 128 valence electrons. The number of hydrogen-bond donors (Lipinski definition) is 1. The van der Waals surface area contributed by atoms with Gasteiger partial charge in [0.15, 0.2) is 0 Å². The number of carbonyl (C=O) groups is 1. The summed E-state index contributed by atoms with van der Waals surface area (Å²) in [7, 11) is 1.65. The SMILES string of the molecule is COc1ccc(C2CCCN2C(=O)c2ccnc(CN)c2)cc1.Cl. The summed E-state index contributed by atoms with van der Waals surface area (Å²) in [4.78, 5) is 19.0. The maximum atomic E-state index is 12.9. The van der Waals surface area contributed by atoms with E-state index in [0.29, 0.717) is 12.1 Å². The third-order valence-electron chi connectivity index (χ3n) is 4.29. The normalized spacial score (nSPS) is 16.6. The number of nitrogens with two attached hydrogens (primary N) is 1. The fraction of sp³-hybridized carbons (Fsp3) is 0.333. The van der Waals surface area contributed by atoms with Crippen LogP contribution in [0.5, 0.6) is 5.75 Å². The van der Waals surface area contributed by atoms with Gasteiger partial charge in [-0.05, 0) is 42.7 Å². The molecule has 6 heteroatoms. The van der Waals surface area contributed by atoms with E-state index in [0.717, 1.165) is 36.4 Å². The average molecular weight is 348 g/mol. The lowest BCUT2D eigenvalue weighted by Gasteiger charge is -2.25. The molecule has 0 aliphatic carbocycles. The molecule has 1 amide bonds. The molecular formula is C18H22ClN3O2. The van der Waals surface area contributed by atoms with E-state index in [1.165, 1.54) is 0 Å². The fourth-order valence-corrected chi connectivity index (χ4v) is 3.07. The van der Waals surface area contributed by atoms with Crippen molar-refractivity contribution >= 4 is 18.3 Å². The van der Waals surface area contributed by atoms with Gasteiger partial charge in [-0.15, -0.1) is 12.4 Å². The van der Waals surface area contributed by atoms with Gasteiger partial charge in [0.25, 0.3) is 5.91 Å². The number of hydrogen-bond acceptors (Lipinski definition) is 4. The zero-order valence-corrected chi connectivity index (χ0v) is 14.5. The van der Waals surface area contributed by atoms with Crippen LogP contribution in [0.4, 0.5) is 0 Å². The highest BCUT2D eigenvalue weighted by molar-refractivity contribution is 5.94. The molecule has 24 heavy (non-hydrogen) atoms. The van der Waals surface area contributed by atoms with Gasteiger partial charge in [-0.25, -0.2) is 0 Å². The van der Waals surface area contributed by atoms with Gasteiger partial charge < -0.3 is 15.4 Å². The van der Waals surface area contributed by atoms with Crippen LogP contribution in [-0.2, 0) is 6.54 Å². The molecule has 0 radical (unpaired) electrons. The van der Waals surface area contributed by atoms with E-state index >= 15 is 0 Å². The van der Waals surface area contributed by atoms with E-state index in [4.69, 9.17) is 10.5 Å².